The zero-order valence-corrected chi connectivity index (χ0v) is 13.3. The van der Waals surface area contributed by atoms with Gasteiger partial charge in [-0.1, -0.05) is 18.2 Å². The van der Waals surface area contributed by atoms with Gasteiger partial charge in [-0.3, -0.25) is 0 Å². The minimum atomic E-state index is -0.236. The third-order valence-electron chi connectivity index (χ3n) is 5.13. The standard InChI is InChI=1S/C19H19NO3/c1-18(2)9-19(10-20-14-6-4-3-5-12(14)19)13-7-16-17(22-11-21-16)8-15(13)23-18/h3-8,20H,9-11H2,1-2H3. The van der Waals surface area contributed by atoms with Gasteiger partial charge in [-0.2, -0.15) is 0 Å². The van der Waals surface area contributed by atoms with Crippen LogP contribution in [0.2, 0.25) is 0 Å². The van der Waals surface area contributed by atoms with Crippen molar-refractivity contribution in [3.8, 4) is 17.2 Å². The van der Waals surface area contributed by atoms with Crippen molar-refractivity contribution in [3.63, 3.8) is 0 Å². The molecule has 0 saturated heterocycles. The summed E-state index contributed by atoms with van der Waals surface area (Å²) in [5, 5.41) is 3.58. The second-order valence-corrected chi connectivity index (χ2v) is 7.22. The SMILES string of the molecule is CC1(C)CC2(CNc3ccccc32)c2cc3c(cc2O1)OCO3. The molecule has 4 heteroatoms. The Balaban J connectivity index is 1.78. The van der Waals surface area contributed by atoms with Crippen LogP contribution < -0.4 is 19.5 Å². The summed E-state index contributed by atoms with van der Waals surface area (Å²) in [5.41, 5.74) is 3.43. The Morgan fingerprint density at radius 1 is 0.957 bits per heavy atom. The fourth-order valence-corrected chi connectivity index (χ4v) is 4.33. The van der Waals surface area contributed by atoms with Gasteiger partial charge in [0.15, 0.2) is 11.5 Å². The van der Waals surface area contributed by atoms with E-state index in [0.717, 1.165) is 30.2 Å². The summed E-state index contributed by atoms with van der Waals surface area (Å²) in [6.07, 6.45) is 0.927. The maximum absolute atomic E-state index is 6.28. The molecular formula is C19H19NO3. The topological polar surface area (TPSA) is 39.7 Å². The van der Waals surface area contributed by atoms with Crippen LogP contribution in [-0.4, -0.2) is 18.9 Å². The van der Waals surface area contributed by atoms with Crippen molar-refractivity contribution in [1.29, 1.82) is 0 Å². The van der Waals surface area contributed by atoms with Gasteiger partial charge in [0.2, 0.25) is 6.79 Å². The first kappa shape index (κ1) is 13.1. The Hall–Kier alpha value is -2.36. The normalized spacial score (nSPS) is 25.5. The van der Waals surface area contributed by atoms with Crippen molar-refractivity contribution in [2.45, 2.75) is 31.3 Å². The number of benzene rings is 2. The maximum atomic E-state index is 6.28. The number of para-hydroxylation sites is 1. The zero-order valence-electron chi connectivity index (χ0n) is 13.3. The molecule has 1 spiro atoms. The van der Waals surface area contributed by atoms with Gasteiger partial charge in [0, 0.05) is 35.7 Å². The highest BCUT2D eigenvalue weighted by Gasteiger charge is 2.50. The van der Waals surface area contributed by atoms with Crippen molar-refractivity contribution in [3.05, 3.63) is 47.5 Å². The molecule has 118 valence electrons. The number of rotatable bonds is 0. The Morgan fingerprint density at radius 3 is 2.61 bits per heavy atom. The lowest BCUT2D eigenvalue weighted by atomic mass is 9.67. The molecule has 0 fully saturated rings. The molecule has 0 saturated carbocycles. The Bertz CT molecular complexity index is 814. The van der Waals surface area contributed by atoms with E-state index in [2.05, 4.69) is 49.5 Å². The highest BCUT2D eigenvalue weighted by atomic mass is 16.7. The molecule has 23 heavy (non-hydrogen) atoms. The summed E-state index contributed by atoms with van der Waals surface area (Å²) in [6.45, 7) is 5.47. The summed E-state index contributed by atoms with van der Waals surface area (Å²) in [7, 11) is 0. The average Bonchev–Trinajstić information content (AvgIpc) is 3.10. The predicted octanol–water partition coefficient (Wildman–Crippen LogP) is 3.69. The van der Waals surface area contributed by atoms with Crippen molar-refractivity contribution >= 4 is 5.69 Å². The van der Waals surface area contributed by atoms with Gasteiger partial charge in [0.05, 0.1) is 0 Å². The van der Waals surface area contributed by atoms with Gasteiger partial charge < -0.3 is 19.5 Å². The lowest BCUT2D eigenvalue weighted by Gasteiger charge is -2.44. The van der Waals surface area contributed by atoms with Gasteiger partial charge in [-0.15, -0.1) is 0 Å². The van der Waals surface area contributed by atoms with E-state index in [1.165, 1.54) is 16.8 Å². The fourth-order valence-electron chi connectivity index (χ4n) is 4.33. The van der Waals surface area contributed by atoms with Gasteiger partial charge in [-0.25, -0.2) is 0 Å². The molecule has 1 unspecified atom stereocenters. The second kappa shape index (κ2) is 4.13. The quantitative estimate of drug-likeness (QED) is 0.805. The molecular weight excluding hydrogens is 290 g/mol. The first-order valence-electron chi connectivity index (χ1n) is 8.04. The van der Waals surface area contributed by atoms with Crippen molar-refractivity contribution in [1.82, 2.24) is 0 Å². The molecule has 0 aliphatic carbocycles. The minimum Gasteiger partial charge on any atom is -0.487 e. The highest BCUT2D eigenvalue weighted by molar-refractivity contribution is 5.68. The molecule has 1 N–H and O–H groups in total. The number of nitrogens with one attached hydrogen (secondary N) is 1. The number of anilines is 1. The molecule has 5 rings (SSSR count). The van der Waals surface area contributed by atoms with Crippen LogP contribution in [0.25, 0.3) is 0 Å². The van der Waals surface area contributed by atoms with Gasteiger partial charge in [-0.05, 0) is 31.5 Å². The third kappa shape index (κ3) is 1.72. The summed E-state index contributed by atoms with van der Waals surface area (Å²) in [6, 6.07) is 12.7. The van der Waals surface area contributed by atoms with E-state index in [1.54, 1.807) is 0 Å². The summed E-state index contributed by atoms with van der Waals surface area (Å²) >= 11 is 0. The van der Waals surface area contributed by atoms with Gasteiger partial charge >= 0.3 is 0 Å². The lowest BCUT2D eigenvalue weighted by molar-refractivity contribution is 0.0583. The van der Waals surface area contributed by atoms with E-state index in [1.807, 2.05) is 6.07 Å². The smallest absolute Gasteiger partial charge is 0.231 e. The average molecular weight is 309 g/mol. The van der Waals surface area contributed by atoms with E-state index in [4.69, 9.17) is 14.2 Å². The number of hydrogen-bond acceptors (Lipinski definition) is 4. The minimum absolute atomic E-state index is 0.0886. The third-order valence-corrected chi connectivity index (χ3v) is 5.13. The van der Waals surface area contributed by atoms with Crippen molar-refractivity contribution in [2.24, 2.45) is 0 Å². The first-order valence-corrected chi connectivity index (χ1v) is 8.04. The summed E-state index contributed by atoms with van der Waals surface area (Å²) < 4.78 is 17.4. The number of ether oxygens (including phenoxy) is 3. The van der Waals surface area contributed by atoms with Crippen LogP contribution in [0.3, 0.4) is 0 Å². The zero-order chi connectivity index (χ0) is 15.7. The predicted molar refractivity (Wildman–Crippen MR) is 87.6 cm³/mol. The molecule has 3 heterocycles. The van der Waals surface area contributed by atoms with E-state index >= 15 is 0 Å². The fraction of sp³-hybridized carbons (Fsp3) is 0.368. The van der Waals surface area contributed by atoms with E-state index < -0.39 is 0 Å². The molecule has 2 aromatic rings. The number of fused-ring (bicyclic) bond motifs is 5. The van der Waals surface area contributed by atoms with Crippen LogP contribution in [0.15, 0.2) is 36.4 Å². The van der Waals surface area contributed by atoms with Crippen molar-refractivity contribution < 1.29 is 14.2 Å². The Kier molecular flexibility index (Phi) is 2.36. The van der Waals surface area contributed by atoms with E-state index in [0.29, 0.717) is 0 Å². The monoisotopic (exact) mass is 309 g/mol. The molecule has 3 aliphatic rings. The van der Waals surface area contributed by atoms with Crippen LogP contribution >= 0.6 is 0 Å². The lowest BCUT2D eigenvalue weighted by Crippen LogP contribution is -2.46. The van der Waals surface area contributed by atoms with Crippen LogP contribution in [-0.2, 0) is 5.41 Å². The molecule has 0 bridgehead atoms. The van der Waals surface area contributed by atoms with Gasteiger partial charge in [0.1, 0.15) is 11.4 Å². The van der Waals surface area contributed by atoms with Crippen LogP contribution in [0, 0.1) is 0 Å². The summed E-state index contributed by atoms with van der Waals surface area (Å²) in [4.78, 5) is 0. The molecule has 0 amide bonds. The molecule has 4 nitrogen and oxygen atoms in total. The molecule has 3 aliphatic heterocycles. The molecule has 0 aromatic heterocycles. The van der Waals surface area contributed by atoms with Crippen LogP contribution in [0.5, 0.6) is 17.2 Å². The molecule has 2 aromatic carbocycles. The number of hydrogen-bond donors (Lipinski definition) is 1. The second-order valence-electron chi connectivity index (χ2n) is 7.22. The summed E-state index contributed by atoms with van der Waals surface area (Å²) in [5.74, 6) is 2.50. The van der Waals surface area contributed by atoms with Gasteiger partial charge in [0.25, 0.3) is 0 Å². The van der Waals surface area contributed by atoms with E-state index in [-0.39, 0.29) is 17.8 Å². The molecule has 1 atom stereocenters. The maximum Gasteiger partial charge on any atom is 0.231 e. The molecule has 0 radical (unpaired) electrons. The van der Waals surface area contributed by atoms with Crippen LogP contribution in [0.4, 0.5) is 5.69 Å². The highest BCUT2D eigenvalue weighted by Crippen LogP contribution is 2.55. The van der Waals surface area contributed by atoms with E-state index in [9.17, 15) is 0 Å². The first-order chi connectivity index (χ1) is 11.1. The van der Waals surface area contributed by atoms with Crippen molar-refractivity contribution in [2.75, 3.05) is 18.7 Å². The largest absolute Gasteiger partial charge is 0.487 e. The Morgan fingerprint density at radius 2 is 1.74 bits per heavy atom. The van der Waals surface area contributed by atoms with Crippen LogP contribution in [0.1, 0.15) is 31.4 Å². The Labute approximate surface area is 135 Å².